The summed E-state index contributed by atoms with van der Waals surface area (Å²) in [5.41, 5.74) is 1.34. The lowest BCUT2D eigenvalue weighted by atomic mass is 10.0. The van der Waals surface area contributed by atoms with Crippen molar-refractivity contribution in [2.75, 3.05) is 7.11 Å². The van der Waals surface area contributed by atoms with Gasteiger partial charge in [0.1, 0.15) is 28.7 Å². The minimum absolute atomic E-state index is 0.209. The summed E-state index contributed by atoms with van der Waals surface area (Å²) in [5.74, 6) is 0.111. The van der Waals surface area contributed by atoms with Crippen LogP contribution >= 0.6 is 0 Å². The van der Waals surface area contributed by atoms with Gasteiger partial charge in [-0.2, -0.15) is 0 Å². The van der Waals surface area contributed by atoms with E-state index in [1.165, 1.54) is 36.4 Å². The van der Waals surface area contributed by atoms with Crippen molar-refractivity contribution >= 4 is 16.9 Å². The third kappa shape index (κ3) is 3.55. The van der Waals surface area contributed by atoms with E-state index in [1.807, 2.05) is 12.1 Å². The molecular formula is C24H17FO5. The largest absolute Gasteiger partial charge is 0.496 e. The molecule has 0 amide bonds. The van der Waals surface area contributed by atoms with Gasteiger partial charge >= 0.3 is 5.97 Å². The average Bonchev–Trinajstić information content (AvgIpc) is 2.74. The van der Waals surface area contributed by atoms with Crippen molar-refractivity contribution in [2.45, 2.75) is 6.92 Å². The highest BCUT2D eigenvalue weighted by Gasteiger charge is 2.18. The van der Waals surface area contributed by atoms with Crippen molar-refractivity contribution in [3.63, 3.8) is 0 Å². The average molecular weight is 404 g/mol. The summed E-state index contributed by atoms with van der Waals surface area (Å²) in [6.07, 6.45) is 0. The summed E-state index contributed by atoms with van der Waals surface area (Å²) < 4.78 is 29.6. The molecule has 30 heavy (non-hydrogen) atoms. The topological polar surface area (TPSA) is 65.7 Å². The zero-order valence-corrected chi connectivity index (χ0v) is 16.3. The molecular weight excluding hydrogens is 387 g/mol. The van der Waals surface area contributed by atoms with Gasteiger partial charge in [0.25, 0.3) is 0 Å². The number of carbonyl (C=O) groups is 1. The van der Waals surface area contributed by atoms with Crippen LogP contribution in [0, 0.1) is 12.7 Å². The maximum atomic E-state index is 13.1. The number of rotatable bonds is 4. The van der Waals surface area contributed by atoms with Gasteiger partial charge in [-0.3, -0.25) is 4.79 Å². The minimum atomic E-state index is -0.640. The molecule has 4 rings (SSSR count). The van der Waals surface area contributed by atoms with Gasteiger partial charge < -0.3 is 13.9 Å². The second-order valence-corrected chi connectivity index (χ2v) is 6.62. The Hall–Kier alpha value is -3.93. The van der Waals surface area contributed by atoms with E-state index in [9.17, 15) is 14.0 Å². The van der Waals surface area contributed by atoms with Crippen LogP contribution in [-0.4, -0.2) is 13.1 Å². The van der Waals surface area contributed by atoms with E-state index < -0.39 is 11.8 Å². The van der Waals surface area contributed by atoms with Crippen LogP contribution in [0.25, 0.3) is 22.1 Å². The Bertz CT molecular complexity index is 1310. The number of benzene rings is 3. The molecule has 1 aromatic heterocycles. The molecule has 0 aliphatic heterocycles. The monoisotopic (exact) mass is 404 g/mol. The standard InChI is InChI=1S/C24H17FO5/c1-14-22(18-5-3-4-6-20(18)28-2)23(26)19-12-11-17(13-21(19)29-14)30-24(27)15-7-9-16(25)10-8-15/h3-13H,1-2H3. The van der Waals surface area contributed by atoms with Crippen molar-refractivity contribution in [2.24, 2.45) is 0 Å². The number of esters is 1. The van der Waals surface area contributed by atoms with Gasteiger partial charge in [-0.1, -0.05) is 18.2 Å². The molecule has 3 aromatic carbocycles. The number of halogens is 1. The molecule has 1 heterocycles. The molecule has 0 N–H and O–H groups in total. The van der Waals surface area contributed by atoms with E-state index in [-0.39, 0.29) is 16.7 Å². The number of carbonyl (C=O) groups excluding carboxylic acids is 1. The third-order valence-corrected chi connectivity index (χ3v) is 4.71. The van der Waals surface area contributed by atoms with Gasteiger partial charge in [-0.05, 0) is 49.4 Å². The predicted molar refractivity (Wildman–Crippen MR) is 111 cm³/mol. The fraction of sp³-hybridized carbons (Fsp3) is 0.0833. The first-order valence-corrected chi connectivity index (χ1v) is 9.16. The van der Waals surface area contributed by atoms with E-state index in [1.54, 1.807) is 32.2 Å². The van der Waals surface area contributed by atoms with Crippen LogP contribution in [0.1, 0.15) is 16.1 Å². The quantitative estimate of drug-likeness (QED) is 0.348. The summed E-state index contributed by atoms with van der Waals surface area (Å²) in [5, 5.41) is 0.350. The Morgan fingerprint density at radius 2 is 1.73 bits per heavy atom. The molecule has 0 radical (unpaired) electrons. The SMILES string of the molecule is COc1ccccc1-c1c(C)oc2cc(OC(=O)c3ccc(F)cc3)ccc2c1=O. The molecule has 0 unspecified atom stereocenters. The molecule has 0 aliphatic rings. The van der Waals surface area contributed by atoms with E-state index in [4.69, 9.17) is 13.9 Å². The van der Waals surface area contributed by atoms with Crippen molar-refractivity contribution in [3.05, 3.63) is 94.1 Å². The molecule has 5 nitrogen and oxygen atoms in total. The van der Waals surface area contributed by atoms with Crippen molar-refractivity contribution < 1.29 is 23.1 Å². The maximum absolute atomic E-state index is 13.1. The minimum Gasteiger partial charge on any atom is -0.496 e. The summed E-state index contributed by atoms with van der Waals surface area (Å²) in [6, 6.07) is 16.8. The van der Waals surface area contributed by atoms with E-state index in [0.717, 1.165) is 0 Å². The molecule has 150 valence electrons. The number of para-hydroxylation sites is 1. The van der Waals surface area contributed by atoms with Gasteiger partial charge in [0.05, 0.1) is 23.6 Å². The fourth-order valence-corrected chi connectivity index (χ4v) is 3.26. The second kappa shape index (κ2) is 7.83. The maximum Gasteiger partial charge on any atom is 0.343 e. The fourth-order valence-electron chi connectivity index (χ4n) is 3.26. The Balaban J connectivity index is 1.73. The van der Waals surface area contributed by atoms with Crippen molar-refractivity contribution in [1.29, 1.82) is 0 Å². The van der Waals surface area contributed by atoms with Gasteiger partial charge in [0.2, 0.25) is 5.43 Å². The Morgan fingerprint density at radius 1 is 1.00 bits per heavy atom. The molecule has 0 saturated carbocycles. The first-order chi connectivity index (χ1) is 14.5. The Morgan fingerprint density at radius 3 is 2.47 bits per heavy atom. The van der Waals surface area contributed by atoms with Crippen LogP contribution in [0.5, 0.6) is 11.5 Å². The number of hydrogen-bond acceptors (Lipinski definition) is 5. The highest BCUT2D eigenvalue weighted by Crippen LogP contribution is 2.32. The van der Waals surface area contributed by atoms with Crippen molar-refractivity contribution in [3.8, 4) is 22.6 Å². The first kappa shape index (κ1) is 19.4. The normalized spacial score (nSPS) is 10.8. The summed E-state index contributed by atoms with van der Waals surface area (Å²) >= 11 is 0. The Kier molecular flexibility index (Phi) is 5.06. The molecule has 0 atom stereocenters. The number of hydrogen-bond donors (Lipinski definition) is 0. The Labute approximate surface area is 171 Å². The van der Waals surface area contributed by atoms with E-state index in [2.05, 4.69) is 0 Å². The lowest BCUT2D eigenvalue weighted by molar-refractivity contribution is 0.0735. The van der Waals surface area contributed by atoms with Crippen LogP contribution in [0.15, 0.2) is 75.9 Å². The molecule has 0 bridgehead atoms. The van der Waals surface area contributed by atoms with Crippen LogP contribution < -0.4 is 14.9 Å². The van der Waals surface area contributed by atoms with Gasteiger partial charge in [-0.25, -0.2) is 9.18 Å². The van der Waals surface area contributed by atoms with Crippen LogP contribution in [0.3, 0.4) is 0 Å². The number of aryl methyl sites for hydroxylation is 1. The highest BCUT2D eigenvalue weighted by atomic mass is 19.1. The first-order valence-electron chi connectivity index (χ1n) is 9.16. The zero-order chi connectivity index (χ0) is 21.3. The van der Waals surface area contributed by atoms with Crippen molar-refractivity contribution in [1.82, 2.24) is 0 Å². The lowest BCUT2D eigenvalue weighted by Crippen LogP contribution is -2.10. The molecule has 0 aliphatic carbocycles. The summed E-state index contributed by atoms with van der Waals surface area (Å²) in [6.45, 7) is 1.69. The van der Waals surface area contributed by atoms with Crippen LogP contribution in [0.4, 0.5) is 4.39 Å². The molecule has 0 fully saturated rings. The summed E-state index contributed by atoms with van der Waals surface area (Å²) in [7, 11) is 1.54. The number of ether oxygens (including phenoxy) is 2. The zero-order valence-electron chi connectivity index (χ0n) is 16.3. The van der Waals surface area contributed by atoms with Crippen LogP contribution in [-0.2, 0) is 0 Å². The molecule has 6 heteroatoms. The van der Waals surface area contributed by atoms with Gasteiger partial charge in [0, 0.05) is 11.6 Å². The summed E-state index contributed by atoms with van der Waals surface area (Å²) in [4.78, 5) is 25.4. The van der Waals surface area contributed by atoms with E-state index >= 15 is 0 Å². The number of methoxy groups -OCH3 is 1. The molecule has 4 aromatic rings. The predicted octanol–water partition coefficient (Wildman–Crippen LogP) is 5.14. The number of fused-ring (bicyclic) bond motifs is 1. The van der Waals surface area contributed by atoms with Crippen LogP contribution in [0.2, 0.25) is 0 Å². The molecule has 0 spiro atoms. The third-order valence-electron chi connectivity index (χ3n) is 4.71. The van der Waals surface area contributed by atoms with Gasteiger partial charge in [0.15, 0.2) is 0 Å². The smallest absolute Gasteiger partial charge is 0.343 e. The molecule has 0 saturated heterocycles. The second-order valence-electron chi connectivity index (χ2n) is 6.62. The van der Waals surface area contributed by atoms with E-state index in [0.29, 0.717) is 33.6 Å². The lowest BCUT2D eigenvalue weighted by Gasteiger charge is -2.11. The van der Waals surface area contributed by atoms with Gasteiger partial charge in [-0.15, -0.1) is 0 Å². The highest BCUT2D eigenvalue weighted by molar-refractivity contribution is 5.92.